The monoisotopic (exact) mass is 518 g/mol. The van der Waals surface area contributed by atoms with Gasteiger partial charge in [0.05, 0.1) is 0 Å². The summed E-state index contributed by atoms with van der Waals surface area (Å²) in [5.74, 6) is -0.212. The molecule has 0 amide bonds. The van der Waals surface area contributed by atoms with Crippen molar-refractivity contribution in [3.63, 3.8) is 0 Å². The zero-order valence-electron chi connectivity index (χ0n) is 17.6. The predicted molar refractivity (Wildman–Crippen MR) is 101 cm³/mol. The molecule has 0 heterocycles. The van der Waals surface area contributed by atoms with E-state index in [9.17, 15) is 4.79 Å². The van der Waals surface area contributed by atoms with Crippen LogP contribution in [0.4, 0.5) is 0 Å². The van der Waals surface area contributed by atoms with E-state index in [1.165, 1.54) is 70.3 Å². The fourth-order valence-corrected chi connectivity index (χ4v) is 2.78. The van der Waals surface area contributed by atoms with E-state index >= 15 is 0 Å². The van der Waals surface area contributed by atoms with Crippen LogP contribution in [0.25, 0.3) is 0 Å². The SMILES string of the molecule is C1CCCC1.C1CCCC1.[CH-]=CCCC(=O)OCc1ccccc1.[O-][Cl+3]([O-])([O-])[O-].[Zr+2]. The molecule has 0 bridgehead atoms. The minimum atomic E-state index is -4.94. The van der Waals surface area contributed by atoms with Gasteiger partial charge in [0, 0.05) is 6.42 Å². The third kappa shape index (κ3) is 27.4. The molecule has 2 fully saturated rings. The molecule has 0 saturated heterocycles. The smallest absolute Gasteiger partial charge is 0.518 e. The predicted octanol–water partition coefficient (Wildman–Crippen LogP) is 1.64. The van der Waals surface area contributed by atoms with Crippen LogP contribution in [0.3, 0.4) is 0 Å². The standard InChI is InChI=1S/C12H13O2.2C5H10.ClHO4.Zr/c1-2-3-9-12(13)14-10-11-7-5-4-6-8-11;2*1-2-4-5-3-1;2-1(3,4)5;/h1-2,4-8H,3,9-10H2;2*1-5H2;(H,2,3,4,5);/q-1;;;;+2/p-1. The van der Waals surface area contributed by atoms with E-state index in [1.54, 1.807) is 0 Å². The Morgan fingerprint density at radius 2 is 1.23 bits per heavy atom. The van der Waals surface area contributed by atoms with E-state index in [0.29, 0.717) is 19.4 Å². The van der Waals surface area contributed by atoms with E-state index in [2.05, 4.69) is 0 Å². The maximum atomic E-state index is 11.1. The van der Waals surface area contributed by atoms with Crippen molar-refractivity contribution in [2.24, 2.45) is 0 Å². The molecule has 0 unspecified atom stereocenters. The molecule has 0 aromatic heterocycles. The Labute approximate surface area is 202 Å². The first kappa shape index (κ1) is 31.6. The Morgan fingerprint density at radius 1 is 0.867 bits per heavy atom. The first-order valence-corrected chi connectivity index (χ1v) is 11.4. The van der Waals surface area contributed by atoms with E-state index in [1.807, 2.05) is 30.3 Å². The van der Waals surface area contributed by atoms with Crippen LogP contribution in [0, 0.1) is 16.8 Å². The van der Waals surface area contributed by atoms with Gasteiger partial charge in [-0.25, -0.2) is 18.6 Å². The summed E-state index contributed by atoms with van der Waals surface area (Å²) in [5, 5.41) is 0. The average Bonchev–Trinajstić information content (AvgIpc) is 3.43. The largest absolute Gasteiger partial charge is 2.00 e. The Morgan fingerprint density at radius 3 is 1.57 bits per heavy atom. The maximum absolute atomic E-state index is 11.1. The van der Waals surface area contributed by atoms with E-state index < -0.39 is 10.2 Å². The zero-order chi connectivity index (χ0) is 21.8. The van der Waals surface area contributed by atoms with Gasteiger partial charge in [-0.2, -0.15) is 0 Å². The van der Waals surface area contributed by atoms with Gasteiger partial charge in [0.1, 0.15) is 6.61 Å². The Kier molecular flexibility index (Phi) is 22.8. The minimum absolute atomic E-state index is 0. The van der Waals surface area contributed by atoms with Crippen LogP contribution >= 0.6 is 0 Å². The van der Waals surface area contributed by atoms with Crippen LogP contribution in [0.1, 0.15) is 82.6 Å². The van der Waals surface area contributed by atoms with Crippen LogP contribution in [0.5, 0.6) is 0 Å². The van der Waals surface area contributed by atoms with Crippen molar-refractivity contribution < 1.29 is 64.6 Å². The molecule has 0 radical (unpaired) electrons. The van der Waals surface area contributed by atoms with Crippen LogP contribution < -0.4 is 18.6 Å². The number of rotatable bonds is 5. The number of carbonyl (C=O) groups excluding carboxylic acids is 1. The molecule has 2 saturated carbocycles. The van der Waals surface area contributed by atoms with Gasteiger partial charge < -0.3 is 11.3 Å². The number of hydrogen-bond acceptors (Lipinski definition) is 6. The molecular formula is C22H33ClO6Zr. The summed E-state index contributed by atoms with van der Waals surface area (Å²) in [4.78, 5) is 11.1. The Balaban J connectivity index is 0. The average molecular weight is 520 g/mol. The molecule has 3 rings (SSSR count). The second kappa shape index (κ2) is 21.7. The summed E-state index contributed by atoms with van der Waals surface area (Å²) in [6.07, 6.45) is 17.4. The first-order valence-electron chi connectivity index (χ1n) is 10.2. The maximum Gasteiger partial charge on any atom is 2.00 e. The first-order chi connectivity index (χ1) is 13.8. The quantitative estimate of drug-likeness (QED) is 0.431. The molecule has 0 N–H and O–H groups in total. The summed E-state index contributed by atoms with van der Waals surface area (Å²) in [7, 11) is -4.94. The van der Waals surface area contributed by atoms with Crippen molar-refractivity contribution in [1.82, 2.24) is 0 Å². The number of carbonyl (C=O) groups is 1. The summed E-state index contributed by atoms with van der Waals surface area (Å²) in [6.45, 7) is 5.49. The number of esters is 1. The van der Waals surface area contributed by atoms with Crippen molar-refractivity contribution in [1.29, 1.82) is 0 Å². The third-order valence-corrected chi connectivity index (χ3v) is 4.26. The second-order valence-corrected chi connectivity index (χ2v) is 7.59. The number of ether oxygens (including phenoxy) is 1. The fraction of sp³-hybridized carbons (Fsp3) is 0.591. The fourth-order valence-electron chi connectivity index (χ4n) is 2.78. The molecule has 1 aromatic carbocycles. The molecule has 30 heavy (non-hydrogen) atoms. The molecule has 0 atom stereocenters. The number of benzene rings is 1. The second-order valence-electron chi connectivity index (χ2n) is 6.83. The van der Waals surface area contributed by atoms with Crippen molar-refractivity contribution in [2.75, 3.05) is 0 Å². The molecule has 2 aliphatic carbocycles. The summed E-state index contributed by atoms with van der Waals surface area (Å²) < 4.78 is 39.0. The molecule has 0 spiro atoms. The molecule has 2 aliphatic rings. The van der Waals surface area contributed by atoms with Crippen LogP contribution in [-0.4, -0.2) is 5.97 Å². The molecule has 6 nitrogen and oxygen atoms in total. The number of halogens is 1. The summed E-state index contributed by atoms with van der Waals surface area (Å²) in [5.41, 5.74) is 0.998. The van der Waals surface area contributed by atoms with Crippen molar-refractivity contribution >= 4 is 5.97 Å². The molecule has 0 aliphatic heterocycles. The number of allylic oxidation sites excluding steroid dienone is 1. The van der Waals surface area contributed by atoms with E-state index in [-0.39, 0.29) is 32.2 Å². The van der Waals surface area contributed by atoms with Crippen LogP contribution in [-0.2, 0) is 42.3 Å². The Bertz CT molecular complexity index is 483. The third-order valence-electron chi connectivity index (χ3n) is 4.26. The van der Waals surface area contributed by atoms with Crippen molar-refractivity contribution in [2.45, 2.75) is 83.7 Å². The molecule has 168 valence electrons. The van der Waals surface area contributed by atoms with Crippen molar-refractivity contribution in [3.8, 4) is 0 Å². The van der Waals surface area contributed by atoms with Gasteiger partial charge in [-0.15, -0.1) is 10.2 Å². The topological polar surface area (TPSA) is 119 Å². The zero-order valence-corrected chi connectivity index (χ0v) is 20.8. The minimum Gasteiger partial charge on any atom is -0.518 e. The van der Waals surface area contributed by atoms with Crippen LogP contribution in [0.15, 0.2) is 36.4 Å². The van der Waals surface area contributed by atoms with Gasteiger partial charge in [-0.1, -0.05) is 101 Å². The number of hydrogen-bond donors (Lipinski definition) is 0. The molecule has 8 heteroatoms. The van der Waals surface area contributed by atoms with Gasteiger partial charge in [0.15, 0.2) is 0 Å². The van der Waals surface area contributed by atoms with Gasteiger partial charge in [-0.3, -0.25) is 10.9 Å². The van der Waals surface area contributed by atoms with Crippen molar-refractivity contribution in [3.05, 3.63) is 48.6 Å². The summed E-state index contributed by atoms with van der Waals surface area (Å²) in [6, 6.07) is 9.59. The van der Waals surface area contributed by atoms with E-state index in [0.717, 1.165) is 5.56 Å². The molecule has 1 aromatic rings. The Hall–Kier alpha value is -0.557. The van der Waals surface area contributed by atoms with Gasteiger partial charge >= 0.3 is 32.2 Å². The van der Waals surface area contributed by atoms with Gasteiger partial charge in [0.2, 0.25) is 0 Å². The molecular weight excluding hydrogens is 487 g/mol. The normalized spacial score (nSPS) is 14.4. The van der Waals surface area contributed by atoms with E-state index in [4.69, 9.17) is 30.0 Å². The van der Waals surface area contributed by atoms with Gasteiger partial charge in [-0.05, 0) is 5.56 Å². The summed E-state index contributed by atoms with van der Waals surface area (Å²) >= 11 is 0. The van der Waals surface area contributed by atoms with Gasteiger partial charge in [0.25, 0.3) is 0 Å². The van der Waals surface area contributed by atoms with Crippen LogP contribution in [0.2, 0.25) is 0 Å².